The standard InChI is InChI=1S/C24H29BrN2O3/c1-29-21-7-8-23(25)20(14-21)13-18-9-11-26(12-10-18)16-22-17-27(24(28)30-22)15-19-5-3-2-4-6-19/h2-8,14,18,22H,9-13,15-17H2,1H3. The molecular weight excluding hydrogens is 444 g/mol. The maximum Gasteiger partial charge on any atom is 0.410 e. The van der Waals surface area contributed by atoms with Crippen LogP contribution in [0, 0.1) is 5.92 Å². The quantitative estimate of drug-likeness (QED) is 0.583. The number of hydrogen-bond donors (Lipinski definition) is 0. The molecule has 2 aliphatic heterocycles. The van der Waals surface area contributed by atoms with Crippen molar-refractivity contribution in [1.82, 2.24) is 9.80 Å². The fourth-order valence-corrected chi connectivity index (χ4v) is 4.82. The smallest absolute Gasteiger partial charge is 0.410 e. The maximum absolute atomic E-state index is 12.2. The molecule has 6 heteroatoms. The second-order valence-electron chi connectivity index (χ2n) is 8.28. The van der Waals surface area contributed by atoms with Crippen LogP contribution >= 0.6 is 15.9 Å². The van der Waals surface area contributed by atoms with Crippen molar-refractivity contribution in [3.05, 3.63) is 64.1 Å². The molecule has 1 atom stereocenters. The molecule has 0 bridgehead atoms. The summed E-state index contributed by atoms with van der Waals surface area (Å²) in [6, 6.07) is 16.3. The van der Waals surface area contributed by atoms with Gasteiger partial charge in [0.05, 0.1) is 13.7 Å². The van der Waals surface area contributed by atoms with E-state index in [1.165, 1.54) is 5.56 Å². The summed E-state index contributed by atoms with van der Waals surface area (Å²) >= 11 is 3.67. The number of nitrogens with zero attached hydrogens (tertiary/aromatic N) is 2. The Balaban J connectivity index is 1.24. The highest BCUT2D eigenvalue weighted by molar-refractivity contribution is 9.10. The van der Waals surface area contributed by atoms with Crippen molar-refractivity contribution >= 4 is 22.0 Å². The molecule has 1 unspecified atom stereocenters. The SMILES string of the molecule is COc1ccc(Br)c(CC2CCN(CC3CN(Cc4ccccc4)C(=O)O3)CC2)c1. The minimum atomic E-state index is -0.193. The predicted octanol–water partition coefficient (Wildman–Crippen LogP) is 4.73. The number of hydrogen-bond acceptors (Lipinski definition) is 4. The molecule has 160 valence electrons. The van der Waals surface area contributed by atoms with Crippen molar-refractivity contribution < 1.29 is 14.3 Å². The van der Waals surface area contributed by atoms with E-state index in [0.29, 0.717) is 19.0 Å². The highest BCUT2D eigenvalue weighted by atomic mass is 79.9. The lowest BCUT2D eigenvalue weighted by atomic mass is 9.90. The molecule has 1 amide bonds. The van der Waals surface area contributed by atoms with E-state index < -0.39 is 0 Å². The average molecular weight is 473 g/mol. The summed E-state index contributed by atoms with van der Waals surface area (Å²) in [6.45, 7) is 4.22. The van der Waals surface area contributed by atoms with Crippen LogP contribution in [0.15, 0.2) is 53.0 Å². The third-order valence-electron chi connectivity index (χ3n) is 6.10. The number of halogens is 1. The lowest BCUT2D eigenvalue weighted by Gasteiger charge is -2.33. The second-order valence-corrected chi connectivity index (χ2v) is 9.13. The van der Waals surface area contributed by atoms with Gasteiger partial charge >= 0.3 is 6.09 Å². The molecule has 0 radical (unpaired) electrons. The van der Waals surface area contributed by atoms with Crippen LogP contribution in [0.3, 0.4) is 0 Å². The summed E-state index contributed by atoms with van der Waals surface area (Å²) in [6.07, 6.45) is 3.16. The number of cyclic esters (lactones) is 1. The third kappa shape index (κ3) is 5.35. The van der Waals surface area contributed by atoms with Crippen LogP contribution in [0.25, 0.3) is 0 Å². The molecule has 0 spiro atoms. The van der Waals surface area contributed by atoms with Gasteiger partial charge in [-0.3, -0.25) is 4.90 Å². The molecule has 2 aromatic rings. The molecule has 0 saturated carbocycles. The summed E-state index contributed by atoms with van der Waals surface area (Å²) in [7, 11) is 1.71. The molecule has 4 rings (SSSR count). The number of ether oxygens (including phenoxy) is 2. The lowest BCUT2D eigenvalue weighted by molar-refractivity contribution is 0.0904. The van der Waals surface area contributed by atoms with Crippen LogP contribution in [0.5, 0.6) is 5.75 Å². The van der Waals surface area contributed by atoms with Gasteiger partial charge in [-0.25, -0.2) is 4.79 Å². The van der Waals surface area contributed by atoms with Crippen LogP contribution in [-0.4, -0.2) is 55.3 Å². The Labute approximate surface area is 187 Å². The van der Waals surface area contributed by atoms with Gasteiger partial charge in [0.1, 0.15) is 11.9 Å². The van der Waals surface area contributed by atoms with E-state index >= 15 is 0 Å². The number of likely N-dealkylation sites (tertiary alicyclic amines) is 1. The molecule has 0 N–H and O–H groups in total. The van der Waals surface area contributed by atoms with Crippen molar-refractivity contribution in [3.63, 3.8) is 0 Å². The Morgan fingerprint density at radius 2 is 1.90 bits per heavy atom. The second kappa shape index (κ2) is 9.84. The average Bonchev–Trinajstić information content (AvgIpc) is 3.10. The minimum Gasteiger partial charge on any atom is -0.497 e. The molecule has 2 aliphatic rings. The van der Waals surface area contributed by atoms with Crippen LogP contribution in [0.4, 0.5) is 4.79 Å². The summed E-state index contributed by atoms with van der Waals surface area (Å²) < 4.78 is 12.2. The maximum atomic E-state index is 12.2. The molecule has 0 aliphatic carbocycles. The van der Waals surface area contributed by atoms with Crippen molar-refractivity contribution in [2.75, 3.05) is 33.3 Å². The van der Waals surface area contributed by atoms with E-state index in [-0.39, 0.29) is 12.2 Å². The van der Waals surface area contributed by atoms with Crippen molar-refractivity contribution in [3.8, 4) is 5.75 Å². The Morgan fingerprint density at radius 1 is 1.13 bits per heavy atom. The summed E-state index contributed by atoms with van der Waals surface area (Å²) in [4.78, 5) is 16.5. The highest BCUT2D eigenvalue weighted by Crippen LogP contribution is 2.29. The van der Waals surface area contributed by atoms with Crippen LogP contribution in [-0.2, 0) is 17.7 Å². The van der Waals surface area contributed by atoms with Crippen LogP contribution in [0.1, 0.15) is 24.0 Å². The van der Waals surface area contributed by atoms with Gasteiger partial charge in [0, 0.05) is 17.6 Å². The predicted molar refractivity (Wildman–Crippen MR) is 121 cm³/mol. The van der Waals surface area contributed by atoms with Crippen molar-refractivity contribution in [1.29, 1.82) is 0 Å². The number of benzene rings is 2. The van der Waals surface area contributed by atoms with E-state index in [0.717, 1.165) is 54.7 Å². The van der Waals surface area contributed by atoms with Gasteiger partial charge in [-0.15, -0.1) is 0 Å². The fourth-order valence-electron chi connectivity index (χ4n) is 4.41. The van der Waals surface area contributed by atoms with Gasteiger partial charge < -0.3 is 14.4 Å². The van der Waals surface area contributed by atoms with Crippen molar-refractivity contribution in [2.45, 2.75) is 31.9 Å². The number of carbonyl (C=O) groups excluding carboxylic acids is 1. The molecule has 2 fully saturated rings. The largest absolute Gasteiger partial charge is 0.497 e. The first-order chi connectivity index (χ1) is 14.6. The summed E-state index contributed by atoms with van der Waals surface area (Å²) in [5.74, 6) is 1.58. The highest BCUT2D eigenvalue weighted by Gasteiger charge is 2.33. The lowest BCUT2D eigenvalue weighted by Crippen LogP contribution is -2.40. The fraction of sp³-hybridized carbons (Fsp3) is 0.458. The summed E-state index contributed by atoms with van der Waals surface area (Å²) in [5, 5.41) is 0. The van der Waals surface area contributed by atoms with E-state index in [1.54, 1.807) is 7.11 Å². The van der Waals surface area contributed by atoms with Gasteiger partial charge in [0.25, 0.3) is 0 Å². The first kappa shape index (κ1) is 21.2. The normalized spacial score (nSPS) is 20.4. The molecule has 5 nitrogen and oxygen atoms in total. The van der Waals surface area contributed by atoms with Gasteiger partial charge in [-0.1, -0.05) is 46.3 Å². The monoisotopic (exact) mass is 472 g/mol. The molecule has 0 aromatic heterocycles. The molecule has 2 aromatic carbocycles. The third-order valence-corrected chi connectivity index (χ3v) is 6.87. The van der Waals surface area contributed by atoms with Crippen molar-refractivity contribution in [2.24, 2.45) is 5.92 Å². The molecule has 30 heavy (non-hydrogen) atoms. The summed E-state index contributed by atoms with van der Waals surface area (Å²) in [5.41, 5.74) is 2.45. The van der Waals surface area contributed by atoms with Gasteiger partial charge in [0.2, 0.25) is 0 Å². The minimum absolute atomic E-state index is 0.0368. The van der Waals surface area contributed by atoms with Crippen LogP contribution < -0.4 is 4.74 Å². The van der Waals surface area contributed by atoms with E-state index in [1.807, 2.05) is 41.3 Å². The van der Waals surface area contributed by atoms with Gasteiger partial charge in [0.15, 0.2) is 0 Å². The number of amides is 1. The molecule has 2 heterocycles. The number of carbonyl (C=O) groups is 1. The van der Waals surface area contributed by atoms with E-state index in [9.17, 15) is 4.79 Å². The first-order valence-corrected chi connectivity index (χ1v) is 11.4. The van der Waals surface area contributed by atoms with E-state index in [2.05, 4.69) is 33.0 Å². The van der Waals surface area contributed by atoms with Crippen LogP contribution in [0.2, 0.25) is 0 Å². The number of rotatable bonds is 7. The zero-order valence-electron chi connectivity index (χ0n) is 17.4. The Kier molecular flexibility index (Phi) is 6.95. The Morgan fingerprint density at radius 3 is 2.63 bits per heavy atom. The molecular formula is C24H29BrN2O3. The first-order valence-electron chi connectivity index (χ1n) is 10.6. The topological polar surface area (TPSA) is 42.0 Å². The number of piperidine rings is 1. The van der Waals surface area contributed by atoms with Gasteiger partial charge in [-0.2, -0.15) is 0 Å². The number of methoxy groups -OCH3 is 1. The molecule has 2 saturated heterocycles. The zero-order chi connectivity index (χ0) is 20.9. The Hall–Kier alpha value is -2.05. The Bertz CT molecular complexity index is 853. The van der Waals surface area contributed by atoms with Gasteiger partial charge in [-0.05, 0) is 67.6 Å². The zero-order valence-corrected chi connectivity index (χ0v) is 19.0. The van der Waals surface area contributed by atoms with E-state index in [4.69, 9.17) is 9.47 Å².